The Morgan fingerprint density at radius 2 is 1.80 bits per heavy atom. The Morgan fingerprint density at radius 3 is 2.33 bits per heavy atom. The highest BCUT2D eigenvalue weighted by atomic mass is 16.4. The normalized spacial score (nSPS) is 23.9. The second-order valence-electron chi connectivity index (χ2n) is 4.58. The third-order valence-corrected chi connectivity index (χ3v) is 3.39. The average Bonchev–Trinajstić information content (AvgIpc) is 2.90. The summed E-state index contributed by atoms with van der Waals surface area (Å²) in [6.45, 7) is 6.24. The zero-order chi connectivity index (χ0) is 11.2. The number of rotatable bonds is 2. The molecule has 1 aliphatic rings. The first-order valence-corrected chi connectivity index (χ1v) is 5.31. The van der Waals surface area contributed by atoms with Crippen LogP contribution in [-0.4, -0.2) is 11.1 Å². The van der Waals surface area contributed by atoms with Crippen LogP contribution in [0.15, 0.2) is 12.1 Å². The summed E-state index contributed by atoms with van der Waals surface area (Å²) in [5.74, 6) is -0.551. The molecule has 2 rings (SSSR count). The second-order valence-corrected chi connectivity index (χ2v) is 4.58. The molecule has 2 atom stereocenters. The molecule has 1 N–H and O–H groups in total. The van der Waals surface area contributed by atoms with Gasteiger partial charge in [-0.1, -0.05) is 12.1 Å². The highest BCUT2D eigenvalue weighted by Gasteiger charge is 2.44. The molecule has 0 bridgehead atoms. The molecule has 0 saturated heterocycles. The number of benzene rings is 1. The quantitative estimate of drug-likeness (QED) is 0.804. The van der Waals surface area contributed by atoms with Crippen molar-refractivity contribution in [3.63, 3.8) is 0 Å². The van der Waals surface area contributed by atoms with E-state index in [0.29, 0.717) is 0 Å². The molecule has 80 valence electrons. The molecule has 2 heteroatoms. The second kappa shape index (κ2) is 3.37. The van der Waals surface area contributed by atoms with Gasteiger partial charge in [-0.2, -0.15) is 0 Å². The minimum atomic E-state index is -0.655. The van der Waals surface area contributed by atoms with Crippen molar-refractivity contribution in [3.05, 3.63) is 34.4 Å². The lowest BCUT2D eigenvalue weighted by Gasteiger charge is -2.08. The van der Waals surface area contributed by atoms with Crippen LogP contribution >= 0.6 is 0 Å². The fourth-order valence-electron chi connectivity index (χ4n) is 2.19. The molecule has 0 radical (unpaired) electrons. The summed E-state index contributed by atoms with van der Waals surface area (Å²) in [7, 11) is 0. The van der Waals surface area contributed by atoms with E-state index >= 15 is 0 Å². The van der Waals surface area contributed by atoms with Crippen LogP contribution in [-0.2, 0) is 4.79 Å². The molecule has 0 amide bonds. The van der Waals surface area contributed by atoms with E-state index in [1.54, 1.807) is 0 Å². The molecule has 1 aromatic carbocycles. The van der Waals surface area contributed by atoms with Crippen molar-refractivity contribution >= 4 is 5.97 Å². The maximum Gasteiger partial charge on any atom is 0.307 e. The zero-order valence-corrected chi connectivity index (χ0v) is 9.37. The maximum atomic E-state index is 10.8. The van der Waals surface area contributed by atoms with Gasteiger partial charge in [0, 0.05) is 0 Å². The molecule has 1 fully saturated rings. The predicted molar refractivity (Wildman–Crippen MR) is 59.1 cm³/mol. The van der Waals surface area contributed by atoms with E-state index < -0.39 is 5.97 Å². The molecule has 2 nitrogen and oxygen atoms in total. The standard InChI is InChI=1S/C13H16O2/c1-7-4-9(3)10(5-8(7)2)11-6-12(11)13(14)15/h4-5,11-12H,6H2,1-3H3,(H,14,15)/t11-,12+/m0/s1. The van der Waals surface area contributed by atoms with Crippen molar-refractivity contribution in [1.82, 2.24) is 0 Å². The minimum absolute atomic E-state index is 0.147. The van der Waals surface area contributed by atoms with Crippen LogP contribution in [0.25, 0.3) is 0 Å². The molecule has 0 aliphatic heterocycles. The molecule has 1 aromatic rings. The van der Waals surface area contributed by atoms with Crippen LogP contribution in [0.2, 0.25) is 0 Å². The van der Waals surface area contributed by atoms with Crippen molar-refractivity contribution in [1.29, 1.82) is 0 Å². The van der Waals surface area contributed by atoms with Crippen molar-refractivity contribution in [2.45, 2.75) is 33.1 Å². The summed E-state index contributed by atoms with van der Waals surface area (Å²) in [6.07, 6.45) is 0.804. The summed E-state index contributed by atoms with van der Waals surface area (Å²) in [6, 6.07) is 4.31. The monoisotopic (exact) mass is 204 g/mol. The summed E-state index contributed by atoms with van der Waals surface area (Å²) >= 11 is 0. The highest BCUT2D eigenvalue weighted by molar-refractivity contribution is 5.75. The fourth-order valence-corrected chi connectivity index (χ4v) is 2.19. The Balaban J connectivity index is 2.31. The zero-order valence-electron chi connectivity index (χ0n) is 9.37. The van der Waals surface area contributed by atoms with Crippen LogP contribution in [0.1, 0.15) is 34.6 Å². The number of hydrogen-bond donors (Lipinski definition) is 1. The van der Waals surface area contributed by atoms with Crippen LogP contribution in [0, 0.1) is 26.7 Å². The van der Waals surface area contributed by atoms with Gasteiger partial charge in [-0.15, -0.1) is 0 Å². The number of hydrogen-bond acceptors (Lipinski definition) is 1. The topological polar surface area (TPSA) is 37.3 Å². The first kappa shape index (κ1) is 10.2. The van der Waals surface area contributed by atoms with E-state index in [1.165, 1.54) is 22.3 Å². The van der Waals surface area contributed by atoms with E-state index in [-0.39, 0.29) is 11.8 Å². The van der Waals surface area contributed by atoms with Crippen molar-refractivity contribution in [2.75, 3.05) is 0 Å². The number of aliphatic carboxylic acids is 1. The average molecular weight is 204 g/mol. The van der Waals surface area contributed by atoms with Crippen molar-refractivity contribution in [3.8, 4) is 0 Å². The molecule has 1 aliphatic carbocycles. The van der Waals surface area contributed by atoms with E-state index in [9.17, 15) is 4.79 Å². The van der Waals surface area contributed by atoms with Gasteiger partial charge in [-0.05, 0) is 55.4 Å². The van der Waals surface area contributed by atoms with E-state index in [1.807, 2.05) is 0 Å². The van der Waals surface area contributed by atoms with Gasteiger partial charge in [-0.3, -0.25) is 4.79 Å². The van der Waals surface area contributed by atoms with Gasteiger partial charge in [0.25, 0.3) is 0 Å². The van der Waals surface area contributed by atoms with Crippen LogP contribution in [0.3, 0.4) is 0 Å². The third-order valence-electron chi connectivity index (χ3n) is 3.39. The van der Waals surface area contributed by atoms with E-state index in [4.69, 9.17) is 5.11 Å². The number of carbonyl (C=O) groups is 1. The summed E-state index contributed by atoms with van der Waals surface area (Å²) in [4.78, 5) is 10.8. The lowest BCUT2D eigenvalue weighted by atomic mass is 9.97. The van der Waals surface area contributed by atoms with Crippen LogP contribution < -0.4 is 0 Å². The molecule has 15 heavy (non-hydrogen) atoms. The molecule has 0 spiro atoms. The SMILES string of the molecule is Cc1cc(C)c([C@@H]2C[C@H]2C(=O)O)cc1C. The Kier molecular flexibility index (Phi) is 2.29. The lowest BCUT2D eigenvalue weighted by molar-refractivity contribution is -0.138. The highest BCUT2D eigenvalue weighted by Crippen LogP contribution is 2.48. The van der Waals surface area contributed by atoms with Gasteiger partial charge >= 0.3 is 5.97 Å². The summed E-state index contributed by atoms with van der Waals surface area (Å²) in [5, 5.41) is 8.90. The minimum Gasteiger partial charge on any atom is -0.481 e. The number of aryl methyl sites for hydroxylation is 3. The van der Waals surface area contributed by atoms with Gasteiger partial charge in [0.05, 0.1) is 5.92 Å². The van der Waals surface area contributed by atoms with Crippen molar-refractivity contribution in [2.24, 2.45) is 5.92 Å². The smallest absolute Gasteiger partial charge is 0.307 e. The van der Waals surface area contributed by atoms with E-state index in [0.717, 1.165) is 6.42 Å². The lowest BCUT2D eigenvalue weighted by Crippen LogP contribution is -2.00. The molecule has 1 saturated carbocycles. The van der Waals surface area contributed by atoms with Crippen LogP contribution in [0.4, 0.5) is 0 Å². The van der Waals surface area contributed by atoms with Crippen molar-refractivity contribution < 1.29 is 9.90 Å². The largest absolute Gasteiger partial charge is 0.481 e. The first-order chi connectivity index (χ1) is 7.00. The van der Waals surface area contributed by atoms with Gasteiger partial charge in [-0.25, -0.2) is 0 Å². The molecule has 0 unspecified atom stereocenters. The molecule has 0 heterocycles. The number of carboxylic acids is 1. The summed E-state index contributed by atoms with van der Waals surface area (Å²) in [5.41, 5.74) is 4.99. The Hall–Kier alpha value is -1.31. The first-order valence-electron chi connectivity index (χ1n) is 5.31. The molecular formula is C13H16O2. The summed E-state index contributed by atoms with van der Waals surface area (Å²) < 4.78 is 0. The van der Waals surface area contributed by atoms with Crippen LogP contribution in [0.5, 0.6) is 0 Å². The molecular weight excluding hydrogens is 188 g/mol. The van der Waals surface area contributed by atoms with Gasteiger partial charge in [0.15, 0.2) is 0 Å². The third kappa shape index (κ3) is 1.76. The van der Waals surface area contributed by atoms with Gasteiger partial charge in [0.2, 0.25) is 0 Å². The molecule has 0 aromatic heterocycles. The van der Waals surface area contributed by atoms with E-state index in [2.05, 4.69) is 32.9 Å². The number of carboxylic acid groups (broad SMARTS) is 1. The fraction of sp³-hybridized carbons (Fsp3) is 0.462. The Labute approximate surface area is 89.9 Å². The Bertz CT molecular complexity index is 421. The maximum absolute atomic E-state index is 10.8. The van der Waals surface area contributed by atoms with Gasteiger partial charge in [0.1, 0.15) is 0 Å². The Morgan fingerprint density at radius 1 is 1.20 bits per heavy atom. The predicted octanol–water partition coefficient (Wildman–Crippen LogP) is 2.80. The van der Waals surface area contributed by atoms with Gasteiger partial charge < -0.3 is 5.11 Å².